The average molecular weight is 596 g/mol. The van der Waals surface area contributed by atoms with Crippen molar-refractivity contribution in [3.8, 4) is 17.1 Å². The number of hydrogen-bond donors (Lipinski definition) is 2. The van der Waals surface area contributed by atoms with Gasteiger partial charge in [0.25, 0.3) is 10.0 Å². The number of sulfonamides is 1. The first-order valence-corrected chi connectivity index (χ1v) is 14.4. The number of aromatic nitrogens is 2. The molecule has 11 heteroatoms. The summed E-state index contributed by atoms with van der Waals surface area (Å²) in [5.74, 6) is 0.856. The minimum atomic E-state index is -4.02. The maximum Gasteiger partial charge on any atom is 0.264 e. The van der Waals surface area contributed by atoms with E-state index in [2.05, 4.69) is 15.3 Å². The van der Waals surface area contributed by atoms with Crippen LogP contribution in [0.1, 0.15) is 6.42 Å². The number of benzene rings is 4. The molecule has 5 aromatic rings. The molecular formula is C29H24Cl2N4O4S. The summed E-state index contributed by atoms with van der Waals surface area (Å²) >= 11 is 12.2. The van der Waals surface area contributed by atoms with Crippen molar-refractivity contribution in [3.05, 3.63) is 101 Å². The standard InChI is InChI=1S/C29H24Cl2N4O4S/c1-39-24-11-9-23(10-12-24)35(40(37,38)25-7-3-5-20(30)17-25)15-14-28(36)32-22-6-2-4-19(16-22)29-33-26-13-8-21(31)18-27(26)34-29/h2-13,16-18H,14-15H2,1H3,(H,32,36)(H,33,34). The number of carbonyl (C=O) groups is 1. The summed E-state index contributed by atoms with van der Waals surface area (Å²) in [6.07, 6.45) is -0.0980. The molecule has 0 spiro atoms. The number of aromatic amines is 1. The molecule has 2 N–H and O–H groups in total. The summed E-state index contributed by atoms with van der Waals surface area (Å²) in [7, 11) is -2.49. The van der Waals surface area contributed by atoms with E-state index in [1.165, 1.54) is 23.5 Å². The van der Waals surface area contributed by atoms with Crippen molar-refractivity contribution in [2.24, 2.45) is 0 Å². The fourth-order valence-corrected chi connectivity index (χ4v) is 6.12. The highest BCUT2D eigenvalue weighted by Crippen LogP contribution is 2.28. The van der Waals surface area contributed by atoms with Gasteiger partial charge in [-0.25, -0.2) is 13.4 Å². The Labute approximate surface area is 241 Å². The summed E-state index contributed by atoms with van der Waals surface area (Å²) in [5.41, 5.74) is 3.29. The number of methoxy groups -OCH3 is 1. The number of fused-ring (bicyclic) bond motifs is 1. The predicted octanol–water partition coefficient (Wildman–Crippen LogP) is 6.77. The van der Waals surface area contributed by atoms with Crippen LogP contribution in [0.5, 0.6) is 5.75 Å². The van der Waals surface area contributed by atoms with Gasteiger partial charge >= 0.3 is 0 Å². The third-order valence-corrected chi connectivity index (χ3v) is 8.44. The number of amides is 1. The van der Waals surface area contributed by atoms with Crippen LogP contribution in [0.15, 0.2) is 95.9 Å². The van der Waals surface area contributed by atoms with Crippen LogP contribution < -0.4 is 14.4 Å². The Bertz CT molecular complexity index is 1790. The highest BCUT2D eigenvalue weighted by atomic mass is 35.5. The van der Waals surface area contributed by atoms with Gasteiger partial charge in [-0.05, 0) is 72.8 Å². The van der Waals surface area contributed by atoms with Crippen LogP contribution in [-0.4, -0.2) is 37.9 Å². The van der Waals surface area contributed by atoms with Gasteiger partial charge in [0.05, 0.1) is 28.7 Å². The van der Waals surface area contributed by atoms with Crippen LogP contribution in [0.3, 0.4) is 0 Å². The van der Waals surface area contributed by atoms with Gasteiger partial charge in [0.1, 0.15) is 11.6 Å². The normalized spacial score (nSPS) is 11.4. The zero-order valence-corrected chi connectivity index (χ0v) is 23.6. The summed E-state index contributed by atoms with van der Waals surface area (Å²) in [6, 6.07) is 25.2. The molecular weight excluding hydrogens is 571 g/mol. The molecule has 0 saturated carbocycles. The van der Waals surface area contributed by atoms with Gasteiger partial charge in [-0.1, -0.05) is 41.4 Å². The quantitative estimate of drug-likeness (QED) is 0.196. The zero-order chi connectivity index (χ0) is 28.3. The SMILES string of the molecule is COc1ccc(N(CCC(=O)Nc2cccc(-c3nc4ccc(Cl)cc4[nH]3)c2)S(=O)(=O)c2cccc(Cl)c2)cc1. The number of carbonyl (C=O) groups excluding carboxylic acids is 1. The molecule has 0 fully saturated rings. The second-order valence-corrected chi connectivity index (χ2v) is 11.6. The van der Waals surface area contributed by atoms with E-state index in [0.717, 1.165) is 16.6 Å². The van der Waals surface area contributed by atoms with Crippen molar-refractivity contribution in [3.63, 3.8) is 0 Å². The third-order valence-electron chi connectivity index (χ3n) is 6.15. The number of nitrogens with one attached hydrogen (secondary N) is 2. The van der Waals surface area contributed by atoms with E-state index in [1.54, 1.807) is 66.7 Å². The van der Waals surface area contributed by atoms with Gasteiger partial charge in [-0.2, -0.15) is 0 Å². The lowest BCUT2D eigenvalue weighted by molar-refractivity contribution is -0.116. The van der Waals surface area contributed by atoms with Gasteiger partial charge in [0, 0.05) is 34.3 Å². The molecule has 0 radical (unpaired) electrons. The van der Waals surface area contributed by atoms with Crippen molar-refractivity contribution in [1.29, 1.82) is 0 Å². The van der Waals surface area contributed by atoms with Crippen molar-refractivity contribution in [2.75, 3.05) is 23.3 Å². The Morgan fingerprint density at radius 2 is 1.70 bits per heavy atom. The molecule has 1 aromatic heterocycles. The van der Waals surface area contributed by atoms with Crippen LogP contribution in [-0.2, 0) is 14.8 Å². The molecule has 0 bridgehead atoms. The Hall–Kier alpha value is -4.05. The highest BCUT2D eigenvalue weighted by molar-refractivity contribution is 7.92. The van der Waals surface area contributed by atoms with E-state index in [4.69, 9.17) is 27.9 Å². The molecule has 0 saturated heterocycles. The van der Waals surface area contributed by atoms with Crippen LogP contribution >= 0.6 is 23.2 Å². The molecule has 1 heterocycles. The van der Waals surface area contributed by atoms with E-state index >= 15 is 0 Å². The van der Waals surface area contributed by atoms with Gasteiger partial charge < -0.3 is 15.0 Å². The lowest BCUT2D eigenvalue weighted by Crippen LogP contribution is -2.34. The molecule has 0 unspecified atom stereocenters. The third kappa shape index (κ3) is 6.07. The first kappa shape index (κ1) is 27.5. The number of halogens is 2. The Morgan fingerprint density at radius 1 is 0.950 bits per heavy atom. The highest BCUT2D eigenvalue weighted by Gasteiger charge is 2.26. The average Bonchev–Trinajstić information content (AvgIpc) is 3.37. The molecule has 0 aliphatic carbocycles. The number of hydrogen-bond acceptors (Lipinski definition) is 5. The van der Waals surface area contributed by atoms with Crippen molar-refractivity contribution < 1.29 is 17.9 Å². The lowest BCUT2D eigenvalue weighted by atomic mass is 10.2. The molecule has 8 nitrogen and oxygen atoms in total. The van der Waals surface area contributed by atoms with Gasteiger partial charge in [-0.15, -0.1) is 0 Å². The fourth-order valence-electron chi connectivity index (χ4n) is 4.18. The van der Waals surface area contributed by atoms with Crippen molar-refractivity contribution >= 4 is 61.5 Å². The summed E-state index contributed by atoms with van der Waals surface area (Å²) < 4.78 is 33.6. The second kappa shape index (κ2) is 11.6. The second-order valence-electron chi connectivity index (χ2n) is 8.86. The molecule has 1 amide bonds. The van der Waals surface area contributed by atoms with E-state index in [0.29, 0.717) is 33.0 Å². The van der Waals surface area contributed by atoms with E-state index < -0.39 is 10.0 Å². The van der Waals surface area contributed by atoms with Gasteiger partial charge in [0.15, 0.2) is 0 Å². The molecule has 0 aliphatic heterocycles. The number of anilines is 2. The minimum Gasteiger partial charge on any atom is -0.497 e. The van der Waals surface area contributed by atoms with E-state index in [-0.39, 0.29) is 23.8 Å². The molecule has 40 heavy (non-hydrogen) atoms. The predicted molar refractivity (Wildman–Crippen MR) is 159 cm³/mol. The summed E-state index contributed by atoms with van der Waals surface area (Å²) in [5, 5.41) is 3.75. The zero-order valence-electron chi connectivity index (χ0n) is 21.3. The van der Waals surface area contributed by atoms with Crippen LogP contribution in [0, 0.1) is 0 Å². The smallest absolute Gasteiger partial charge is 0.264 e. The fraction of sp³-hybridized carbons (Fsp3) is 0.103. The van der Waals surface area contributed by atoms with Crippen molar-refractivity contribution in [2.45, 2.75) is 11.3 Å². The van der Waals surface area contributed by atoms with Gasteiger partial charge in [0.2, 0.25) is 5.91 Å². The van der Waals surface area contributed by atoms with Crippen molar-refractivity contribution in [1.82, 2.24) is 9.97 Å². The molecule has 204 valence electrons. The molecule has 0 aliphatic rings. The maximum absolute atomic E-state index is 13.6. The summed E-state index contributed by atoms with van der Waals surface area (Å²) in [6.45, 7) is -0.100. The molecule has 5 rings (SSSR count). The number of ether oxygens (including phenoxy) is 1. The number of imidazole rings is 1. The van der Waals surface area contributed by atoms with Crippen LogP contribution in [0.25, 0.3) is 22.4 Å². The monoisotopic (exact) mass is 594 g/mol. The maximum atomic E-state index is 13.6. The van der Waals surface area contributed by atoms with Gasteiger partial charge in [-0.3, -0.25) is 9.10 Å². The Morgan fingerprint density at radius 3 is 2.45 bits per heavy atom. The van der Waals surface area contributed by atoms with E-state index in [1.807, 2.05) is 12.1 Å². The topological polar surface area (TPSA) is 104 Å². The minimum absolute atomic E-state index is 0.0241. The number of nitrogens with zero attached hydrogens (tertiary/aromatic N) is 2. The van der Waals surface area contributed by atoms with Crippen LogP contribution in [0.2, 0.25) is 10.0 Å². The number of rotatable bonds is 9. The first-order chi connectivity index (χ1) is 19.2. The first-order valence-electron chi connectivity index (χ1n) is 12.2. The largest absolute Gasteiger partial charge is 0.497 e. The number of H-pyrrole nitrogens is 1. The Kier molecular flexibility index (Phi) is 7.97. The molecule has 4 aromatic carbocycles. The summed E-state index contributed by atoms with van der Waals surface area (Å²) in [4.78, 5) is 20.8. The molecule has 0 atom stereocenters. The van der Waals surface area contributed by atoms with E-state index in [9.17, 15) is 13.2 Å². The Balaban J connectivity index is 1.35. The van der Waals surface area contributed by atoms with Crippen LogP contribution in [0.4, 0.5) is 11.4 Å². The lowest BCUT2D eigenvalue weighted by Gasteiger charge is -2.24.